The van der Waals surface area contributed by atoms with Crippen LogP contribution in [-0.2, 0) is 6.54 Å². The minimum absolute atomic E-state index is 0.544. The van der Waals surface area contributed by atoms with E-state index in [1.807, 2.05) is 6.92 Å². The highest BCUT2D eigenvalue weighted by atomic mass is 35.5. The van der Waals surface area contributed by atoms with Crippen LogP contribution in [0.4, 0.5) is 5.69 Å². The van der Waals surface area contributed by atoms with Crippen LogP contribution in [0.2, 0.25) is 10.0 Å². The molecule has 0 bridgehead atoms. The zero-order valence-electron chi connectivity index (χ0n) is 7.40. The number of anilines is 1. The maximum Gasteiger partial charge on any atom is 0.0657 e. The number of hydrogen-bond donors (Lipinski definition) is 2. The van der Waals surface area contributed by atoms with Gasteiger partial charge < -0.3 is 11.1 Å². The second-order valence-corrected chi connectivity index (χ2v) is 3.49. The van der Waals surface area contributed by atoms with Crippen LogP contribution >= 0.6 is 23.2 Å². The molecule has 72 valence electrons. The van der Waals surface area contributed by atoms with Gasteiger partial charge in [-0.1, -0.05) is 30.1 Å². The van der Waals surface area contributed by atoms with E-state index in [0.717, 1.165) is 12.1 Å². The number of benzene rings is 1. The Morgan fingerprint density at radius 2 is 2.08 bits per heavy atom. The van der Waals surface area contributed by atoms with Crippen LogP contribution in [0.25, 0.3) is 0 Å². The maximum atomic E-state index is 5.98. The van der Waals surface area contributed by atoms with Gasteiger partial charge in [0.25, 0.3) is 0 Å². The lowest BCUT2D eigenvalue weighted by Crippen LogP contribution is -2.13. The smallest absolute Gasteiger partial charge is 0.0657 e. The van der Waals surface area contributed by atoms with Gasteiger partial charge in [0.1, 0.15) is 0 Å². The third-order valence-corrected chi connectivity index (χ3v) is 2.63. The van der Waals surface area contributed by atoms with Crippen LogP contribution in [0.15, 0.2) is 12.1 Å². The Kier molecular flexibility index (Phi) is 3.85. The minimum atomic E-state index is 0.544. The summed E-state index contributed by atoms with van der Waals surface area (Å²) in [5.74, 6) is 0. The van der Waals surface area contributed by atoms with Gasteiger partial charge in [-0.05, 0) is 18.7 Å². The molecule has 13 heavy (non-hydrogen) atoms. The molecule has 1 rings (SSSR count). The molecule has 0 aliphatic rings. The van der Waals surface area contributed by atoms with Gasteiger partial charge in [0, 0.05) is 17.8 Å². The van der Waals surface area contributed by atoms with E-state index < -0.39 is 0 Å². The molecule has 3 N–H and O–H groups in total. The summed E-state index contributed by atoms with van der Waals surface area (Å²) in [5.41, 5.74) is 7.30. The summed E-state index contributed by atoms with van der Waals surface area (Å²) < 4.78 is 0. The average Bonchev–Trinajstić information content (AvgIpc) is 2.12. The number of halogens is 2. The molecule has 0 unspecified atom stereocenters. The second kappa shape index (κ2) is 4.70. The van der Waals surface area contributed by atoms with Crippen LogP contribution in [0, 0.1) is 0 Å². The third-order valence-electron chi connectivity index (χ3n) is 1.78. The first kappa shape index (κ1) is 10.6. The quantitative estimate of drug-likeness (QED) is 0.767. The Balaban J connectivity index is 2.96. The zero-order chi connectivity index (χ0) is 9.84. The molecule has 0 atom stereocenters. The van der Waals surface area contributed by atoms with E-state index in [1.165, 1.54) is 0 Å². The van der Waals surface area contributed by atoms with E-state index in [4.69, 9.17) is 28.9 Å². The number of nitrogen functional groups attached to an aromatic ring is 1. The molecule has 0 heterocycles. The van der Waals surface area contributed by atoms with Crippen molar-refractivity contribution in [1.82, 2.24) is 5.32 Å². The monoisotopic (exact) mass is 218 g/mol. The largest absolute Gasteiger partial charge is 0.398 e. The van der Waals surface area contributed by atoms with Crippen molar-refractivity contribution in [2.75, 3.05) is 12.3 Å². The van der Waals surface area contributed by atoms with Crippen molar-refractivity contribution in [1.29, 1.82) is 0 Å². The van der Waals surface area contributed by atoms with Crippen LogP contribution in [0.1, 0.15) is 12.5 Å². The van der Waals surface area contributed by atoms with Crippen molar-refractivity contribution >= 4 is 28.9 Å². The van der Waals surface area contributed by atoms with E-state index in [-0.39, 0.29) is 0 Å². The highest BCUT2D eigenvalue weighted by Crippen LogP contribution is 2.29. The molecule has 0 fully saturated rings. The van der Waals surface area contributed by atoms with Crippen LogP contribution < -0.4 is 11.1 Å². The standard InChI is InChI=1S/C9H12Cl2N2/c1-2-13-5-6-8(12)4-3-7(10)9(6)11/h3-4,13H,2,5,12H2,1H3. The van der Waals surface area contributed by atoms with Crippen molar-refractivity contribution in [2.24, 2.45) is 0 Å². The topological polar surface area (TPSA) is 38.0 Å². The average molecular weight is 219 g/mol. The van der Waals surface area contributed by atoms with Gasteiger partial charge in [-0.25, -0.2) is 0 Å². The second-order valence-electron chi connectivity index (χ2n) is 2.71. The number of hydrogen-bond acceptors (Lipinski definition) is 2. The van der Waals surface area contributed by atoms with Crippen LogP contribution in [0.3, 0.4) is 0 Å². The highest BCUT2D eigenvalue weighted by molar-refractivity contribution is 6.42. The van der Waals surface area contributed by atoms with Gasteiger partial charge in [-0.3, -0.25) is 0 Å². The van der Waals surface area contributed by atoms with Crippen molar-refractivity contribution in [3.05, 3.63) is 27.7 Å². The maximum absolute atomic E-state index is 5.98. The summed E-state index contributed by atoms with van der Waals surface area (Å²) in [7, 11) is 0. The molecule has 0 saturated carbocycles. The summed E-state index contributed by atoms with van der Waals surface area (Å²) in [4.78, 5) is 0. The van der Waals surface area contributed by atoms with Crippen molar-refractivity contribution < 1.29 is 0 Å². The Bertz CT molecular complexity index is 300. The summed E-state index contributed by atoms with van der Waals surface area (Å²) in [6.45, 7) is 3.55. The minimum Gasteiger partial charge on any atom is -0.398 e. The first-order chi connectivity index (χ1) is 6.16. The molecule has 0 saturated heterocycles. The van der Waals surface area contributed by atoms with Gasteiger partial charge in [0.2, 0.25) is 0 Å². The third kappa shape index (κ3) is 2.50. The Morgan fingerprint density at radius 1 is 1.38 bits per heavy atom. The lowest BCUT2D eigenvalue weighted by Gasteiger charge is -2.09. The molecular weight excluding hydrogens is 207 g/mol. The summed E-state index contributed by atoms with van der Waals surface area (Å²) in [6, 6.07) is 3.47. The summed E-state index contributed by atoms with van der Waals surface area (Å²) in [5, 5.41) is 4.24. The van der Waals surface area contributed by atoms with Crippen molar-refractivity contribution in [3.63, 3.8) is 0 Å². The molecule has 2 nitrogen and oxygen atoms in total. The summed E-state index contributed by atoms with van der Waals surface area (Å²) >= 11 is 11.8. The first-order valence-corrected chi connectivity index (χ1v) is 4.85. The van der Waals surface area contributed by atoms with E-state index in [0.29, 0.717) is 22.3 Å². The fourth-order valence-corrected chi connectivity index (χ4v) is 1.45. The Morgan fingerprint density at radius 3 is 2.69 bits per heavy atom. The first-order valence-electron chi connectivity index (χ1n) is 4.10. The molecule has 0 amide bonds. The fourth-order valence-electron chi connectivity index (χ4n) is 1.04. The van der Waals surface area contributed by atoms with E-state index in [2.05, 4.69) is 5.32 Å². The molecule has 0 spiro atoms. The van der Waals surface area contributed by atoms with Gasteiger partial charge in [0.15, 0.2) is 0 Å². The fraction of sp³-hybridized carbons (Fsp3) is 0.333. The van der Waals surface area contributed by atoms with E-state index in [1.54, 1.807) is 12.1 Å². The molecule has 0 aromatic heterocycles. The predicted octanol–water partition coefficient (Wildman–Crippen LogP) is 2.69. The molecule has 0 radical (unpaired) electrons. The Hall–Kier alpha value is -0.440. The molecule has 4 heteroatoms. The summed E-state index contributed by atoms with van der Waals surface area (Å²) in [6.07, 6.45) is 0. The lowest BCUT2D eigenvalue weighted by molar-refractivity contribution is 0.728. The highest BCUT2D eigenvalue weighted by Gasteiger charge is 2.07. The van der Waals surface area contributed by atoms with Crippen LogP contribution in [-0.4, -0.2) is 6.54 Å². The van der Waals surface area contributed by atoms with Gasteiger partial charge in [0.05, 0.1) is 10.0 Å². The number of nitrogens with two attached hydrogens (primary N) is 1. The molecule has 1 aromatic rings. The van der Waals surface area contributed by atoms with Crippen molar-refractivity contribution in [2.45, 2.75) is 13.5 Å². The molecule has 0 aliphatic carbocycles. The van der Waals surface area contributed by atoms with E-state index in [9.17, 15) is 0 Å². The van der Waals surface area contributed by atoms with Gasteiger partial charge in [-0.15, -0.1) is 0 Å². The van der Waals surface area contributed by atoms with Crippen molar-refractivity contribution in [3.8, 4) is 0 Å². The van der Waals surface area contributed by atoms with E-state index >= 15 is 0 Å². The lowest BCUT2D eigenvalue weighted by atomic mass is 10.2. The molecule has 1 aromatic carbocycles. The number of nitrogens with one attached hydrogen (secondary N) is 1. The van der Waals surface area contributed by atoms with Crippen LogP contribution in [0.5, 0.6) is 0 Å². The Labute approximate surface area is 88.0 Å². The van der Waals surface area contributed by atoms with Gasteiger partial charge >= 0.3 is 0 Å². The molecular formula is C9H12Cl2N2. The number of rotatable bonds is 3. The SMILES string of the molecule is CCNCc1c(N)ccc(Cl)c1Cl. The normalized spacial score (nSPS) is 10.4. The molecule has 0 aliphatic heterocycles. The van der Waals surface area contributed by atoms with Gasteiger partial charge in [-0.2, -0.15) is 0 Å². The predicted molar refractivity (Wildman–Crippen MR) is 58.3 cm³/mol. The zero-order valence-corrected chi connectivity index (χ0v) is 8.91.